The molecule has 0 amide bonds. The number of nitriles is 1. The van der Waals surface area contributed by atoms with Crippen LogP contribution in [0.25, 0.3) is 0 Å². The van der Waals surface area contributed by atoms with Crippen molar-refractivity contribution in [3.63, 3.8) is 0 Å². The van der Waals surface area contributed by atoms with E-state index in [4.69, 9.17) is 21.6 Å². The topological polar surface area (TPSA) is 70.4 Å². The van der Waals surface area contributed by atoms with Gasteiger partial charge < -0.3 is 4.74 Å². The third-order valence-corrected chi connectivity index (χ3v) is 5.52. The molecular weight excluding hydrogens is 300 g/mol. The molecule has 1 aliphatic heterocycles. The van der Waals surface area contributed by atoms with Crippen molar-refractivity contribution in [2.24, 2.45) is 5.92 Å². The smallest absolute Gasteiger partial charge is 0.243 e. The molecule has 1 aromatic rings. The fraction of sp³-hybridized carbons (Fsp3) is 0.462. The van der Waals surface area contributed by atoms with E-state index in [1.807, 2.05) is 6.07 Å². The van der Waals surface area contributed by atoms with Gasteiger partial charge in [-0.25, -0.2) is 8.42 Å². The molecule has 1 aromatic carbocycles. The van der Waals surface area contributed by atoms with E-state index < -0.39 is 10.0 Å². The standard InChI is InChI=1S/C13H15ClN2O3S/c1-19-9-10-4-5-16(8-10)20(17,18)12-3-2-11(7-15)13(14)6-12/h2-3,6,10H,4-5,8-9H2,1H3. The molecule has 5 nitrogen and oxygen atoms in total. The molecule has 2 rings (SSSR count). The second-order valence-electron chi connectivity index (χ2n) is 4.73. The van der Waals surface area contributed by atoms with Crippen molar-refractivity contribution in [1.29, 1.82) is 5.26 Å². The molecule has 1 atom stereocenters. The minimum atomic E-state index is -3.55. The van der Waals surface area contributed by atoms with Crippen LogP contribution in [0.1, 0.15) is 12.0 Å². The van der Waals surface area contributed by atoms with Gasteiger partial charge in [0.1, 0.15) is 6.07 Å². The van der Waals surface area contributed by atoms with E-state index in [9.17, 15) is 8.42 Å². The number of sulfonamides is 1. The quantitative estimate of drug-likeness (QED) is 0.850. The number of ether oxygens (including phenoxy) is 1. The highest BCUT2D eigenvalue weighted by atomic mass is 35.5. The lowest BCUT2D eigenvalue weighted by atomic mass is 10.1. The summed E-state index contributed by atoms with van der Waals surface area (Å²) in [5.74, 6) is 0.226. The molecule has 20 heavy (non-hydrogen) atoms. The highest BCUT2D eigenvalue weighted by Crippen LogP contribution is 2.27. The van der Waals surface area contributed by atoms with Crippen LogP contribution in [0.15, 0.2) is 23.1 Å². The van der Waals surface area contributed by atoms with Gasteiger partial charge >= 0.3 is 0 Å². The third kappa shape index (κ3) is 2.96. The van der Waals surface area contributed by atoms with Crippen molar-refractivity contribution >= 4 is 21.6 Å². The van der Waals surface area contributed by atoms with Gasteiger partial charge in [0.2, 0.25) is 10.0 Å². The zero-order chi connectivity index (χ0) is 14.8. The summed E-state index contributed by atoms with van der Waals surface area (Å²) in [6, 6.07) is 6.09. The Balaban J connectivity index is 2.23. The first-order valence-electron chi connectivity index (χ1n) is 6.17. The third-order valence-electron chi connectivity index (χ3n) is 3.35. The van der Waals surface area contributed by atoms with E-state index in [2.05, 4.69) is 0 Å². The molecule has 0 radical (unpaired) electrons. The van der Waals surface area contributed by atoms with Gasteiger partial charge in [0.05, 0.1) is 22.1 Å². The van der Waals surface area contributed by atoms with Crippen LogP contribution in [0.4, 0.5) is 0 Å². The van der Waals surface area contributed by atoms with Gasteiger partial charge in [-0.15, -0.1) is 0 Å². The molecule has 108 valence electrons. The van der Waals surface area contributed by atoms with Crippen LogP contribution in [0.3, 0.4) is 0 Å². The van der Waals surface area contributed by atoms with Gasteiger partial charge in [-0.05, 0) is 30.5 Å². The van der Waals surface area contributed by atoms with E-state index in [-0.39, 0.29) is 21.4 Å². The number of benzene rings is 1. The van der Waals surface area contributed by atoms with Gasteiger partial charge in [-0.1, -0.05) is 11.6 Å². The van der Waals surface area contributed by atoms with Gasteiger partial charge in [0.15, 0.2) is 0 Å². The monoisotopic (exact) mass is 314 g/mol. The molecule has 1 heterocycles. The molecule has 1 fully saturated rings. The first-order valence-corrected chi connectivity index (χ1v) is 7.99. The fourth-order valence-electron chi connectivity index (χ4n) is 2.28. The second kappa shape index (κ2) is 6.10. The van der Waals surface area contributed by atoms with Crippen LogP contribution >= 0.6 is 11.6 Å². The summed E-state index contributed by atoms with van der Waals surface area (Å²) in [5.41, 5.74) is 0.268. The number of nitrogens with zero attached hydrogens (tertiary/aromatic N) is 2. The maximum atomic E-state index is 12.5. The van der Waals surface area contributed by atoms with Gasteiger partial charge in [0.25, 0.3) is 0 Å². The Morgan fingerprint density at radius 1 is 1.55 bits per heavy atom. The van der Waals surface area contributed by atoms with Gasteiger partial charge in [-0.3, -0.25) is 0 Å². The van der Waals surface area contributed by atoms with E-state index in [0.29, 0.717) is 19.7 Å². The first-order chi connectivity index (χ1) is 9.48. The van der Waals surface area contributed by atoms with Crippen molar-refractivity contribution in [2.45, 2.75) is 11.3 Å². The predicted octanol–water partition coefficient (Wildman–Crippen LogP) is 1.87. The molecule has 0 N–H and O–H groups in total. The minimum Gasteiger partial charge on any atom is -0.384 e. The highest BCUT2D eigenvalue weighted by molar-refractivity contribution is 7.89. The molecule has 1 unspecified atom stereocenters. The Morgan fingerprint density at radius 2 is 2.30 bits per heavy atom. The number of halogens is 1. The van der Waals surface area contributed by atoms with E-state index in [1.54, 1.807) is 7.11 Å². The van der Waals surface area contributed by atoms with Crippen LogP contribution in [-0.2, 0) is 14.8 Å². The average molecular weight is 315 g/mol. The summed E-state index contributed by atoms with van der Waals surface area (Å²) < 4.78 is 31.5. The summed E-state index contributed by atoms with van der Waals surface area (Å²) in [7, 11) is -1.94. The zero-order valence-electron chi connectivity index (χ0n) is 11.0. The predicted molar refractivity (Wildman–Crippen MR) is 74.9 cm³/mol. The summed E-state index contributed by atoms with van der Waals surface area (Å²) >= 11 is 5.90. The number of hydrogen-bond donors (Lipinski definition) is 0. The Hall–Kier alpha value is -1.13. The summed E-state index contributed by atoms with van der Waals surface area (Å²) in [6.07, 6.45) is 0.789. The van der Waals surface area contributed by atoms with Gasteiger partial charge in [0, 0.05) is 20.2 Å². The summed E-state index contributed by atoms with van der Waals surface area (Å²) in [5, 5.41) is 8.96. The molecule has 0 saturated carbocycles. The summed E-state index contributed by atoms with van der Waals surface area (Å²) in [6.45, 7) is 1.49. The minimum absolute atomic E-state index is 0.125. The molecule has 0 aliphatic carbocycles. The lowest BCUT2D eigenvalue weighted by molar-refractivity contribution is 0.157. The summed E-state index contributed by atoms with van der Waals surface area (Å²) in [4.78, 5) is 0.125. The molecule has 0 aromatic heterocycles. The highest BCUT2D eigenvalue weighted by Gasteiger charge is 2.32. The maximum Gasteiger partial charge on any atom is 0.243 e. The van der Waals surface area contributed by atoms with Crippen molar-refractivity contribution in [3.8, 4) is 6.07 Å². The number of hydrogen-bond acceptors (Lipinski definition) is 4. The lowest BCUT2D eigenvalue weighted by Gasteiger charge is -2.16. The molecule has 7 heteroatoms. The van der Waals surface area contributed by atoms with Crippen molar-refractivity contribution in [2.75, 3.05) is 26.8 Å². The maximum absolute atomic E-state index is 12.5. The van der Waals surface area contributed by atoms with Crippen molar-refractivity contribution in [1.82, 2.24) is 4.31 Å². The van der Waals surface area contributed by atoms with E-state index >= 15 is 0 Å². The Kier molecular flexibility index (Phi) is 4.66. The second-order valence-corrected chi connectivity index (χ2v) is 7.07. The van der Waals surface area contributed by atoms with Crippen LogP contribution in [0.5, 0.6) is 0 Å². The molecule has 0 spiro atoms. The van der Waals surface area contributed by atoms with Crippen molar-refractivity contribution in [3.05, 3.63) is 28.8 Å². The Labute approximate surface area is 123 Å². The molecule has 1 saturated heterocycles. The number of rotatable bonds is 4. The van der Waals surface area contributed by atoms with Crippen LogP contribution in [0.2, 0.25) is 5.02 Å². The van der Waals surface area contributed by atoms with Crippen LogP contribution < -0.4 is 0 Å². The zero-order valence-corrected chi connectivity index (χ0v) is 12.6. The molecule has 1 aliphatic rings. The first kappa shape index (κ1) is 15.3. The lowest BCUT2D eigenvalue weighted by Crippen LogP contribution is -2.29. The van der Waals surface area contributed by atoms with Crippen molar-refractivity contribution < 1.29 is 13.2 Å². The fourth-order valence-corrected chi connectivity index (χ4v) is 4.13. The Bertz CT molecular complexity index is 640. The molecule has 0 bridgehead atoms. The average Bonchev–Trinajstić information content (AvgIpc) is 2.88. The van der Waals surface area contributed by atoms with Gasteiger partial charge in [-0.2, -0.15) is 9.57 Å². The Morgan fingerprint density at radius 3 is 2.90 bits per heavy atom. The SMILES string of the molecule is COCC1CCN(S(=O)(=O)c2ccc(C#N)c(Cl)c2)C1. The van der Waals surface area contributed by atoms with E-state index in [0.717, 1.165) is 6.42 Å². The molecular formula is C13H15ClN2O3S. The van der Waals surface area contributed by atoms with Crippen LogP contribution in [0, 0.1) is 17.2 Å². The number of methoxy groups -OCH3 is 1. The van der Waals surface area contributed by atoms with Crippen LogP contribution in [-0.4, -0.2) is 39.5 Å². The normalized spacial score (nSPS) is 19.9. The largest absolute Gasteiger partial charge is 0.384 e. The van der Waals surface area contributed by atoms with E-state index in [1.165, 1.54) is 22.5 Å².